The van der Waals surface area contributed by atoms with E-state index in [2.05, 4.69) is 39.7 Å². The Morgan fingerprint density at radius 3 is 2.43 bits per heavy atom. The average molecular weight is 370 g/mol. The number of aromatic nitrogens is 2. The number of rotatable bonds is 5. The van der Waals surface area contributed by atoms with Crippen LogP contribution in [0.15, 0.2) is 34.8 Å². The first kappa shape index (κ1) is 16.4. The van der Waals surface area contributed by atoms with Crippen LogP contribution in [0, 0.1) is 5.92 Å². The standard InChI is InChI=1S/C16H18BrClN2O/c1-4-21-14(10(2)3)16-19-13(12(17)15(18)20-16)11-8-6-5-7-9-11/h5-10,14H,4H2,1-3H3. The lowest BCUT2D eigenvalue weighted by Crippen LogP contribution is -2.15. The van der Waals surface area contributed by atoms with Gasteiger partial charge in [0.25, 0.3) is 0 Å². The predicted octanol–water partition coefficient (Wildman–Crippen LogP) is 5.29. The molecule has 0 saturated carbocycles. The highest BCUT2D eigenvalue weighted by molar-refractivity contribution is 9.10. The van der Waals surface area contributed by atoms with Gasteiger partial charge in [0.1, 0.15) is 11.3 Å². The van der Waals surface area contributed by atoms with Crippen molar-refractivity contribution in [2.75, 3.05) is 6.61 Å². The minimum absolute atomic E-state index is 0.164. The molecule has 1 aromatic heterocycles. The van der Waals surface area contributed by atoms with Gasteiger partial charge < -0.3 is 4.74 Å². The van der Waals surface area contributed by atoms with Crippen molar-refractivity contribution in [2.45, 2.75) is 26.9 Å². The molecule has 112 valence electrons. The van der Waals surface area contributed by atoms with Crippen molar-refractivity contribution in [2.24, 2.45) is 5.92 Å². The van der Waals surface area contributed by atoms with Crippen LogP contribution in [0.3, 0.4) is 0 Å². The quantitative estimate of drug-likeness (QED) is 0.671. The Morgan fingerprint density at radius 2 is 1.86 bits per heavy atom. The van der Waals surface area contributed by atoms with Gasteiger partial charge in [-0.15, -0.1) is 0 Å². The highest BCUT2D eigenvalue weighted by Crippen LogP contribution is 2.34. The molecule has 0 bridgehead atoms. The van der Waals surface area contributed by atoms with E-state index in [9.17, 15) is 0 Å². The molecule has 0 aliphatic rings. The van der Waals surface area contributed by atoms with Crippen molar-refractivity contribution >= 4 is 27.5 Å². The topological polar surface area (TPSA) is 35.0 Å². The molecule has 1 unspecified atom stereocenters. The van der Waals surface area contributed by atoms with Crippen LogP contribution in [-0.2, 0) is 4.74 Å². The third-order valence-corrected chi connectivity index (χ3v) is 4.33. The Balaban J connectivity index is 2.52. The first-order chi connectivity index (χ1) is 10.0. The van der Waals surface area contributed by atoms with Crippen molar-refractivity contribution < 1.29 is 4.74 Å². The Hall–Kier alpha value is -0.970. The molecule has 0 fully saturated rings. The lowest BCUT2D eigenvalue weighted by molar-refractivity contribution is 0.0232. The first-order valence-electron chi connectivity index (χ1n) is 6.94. The van der Waals surface area contributed by atoms with E-state index in [4.69, 9.17) is 16.3 Å². The molecular weight excluding hydrogens is 352 g/mol. The molecule has 2 aromatic rings. The highest BCUT2D eigenvalue weighted by atomic mass is 79.9. The second-order valence-corrected chi connectivity index (χ2v) is 6.17. The van der Waals surface area contributed by atoms with Gasteiger partial charge in [-0.3, -0.25) is 0 Å². The number of nitrogens with zero attached hydrogens (tertiary/aromatic N) is 2. The van der Waals surface area contributed by atoms with Gasteiger partial charge in [-0.1, -0.05) is 55.8 Å². The van der Waals surface area contributed by atoms with E-state index in [1.165, 1.54) is 0 Å². The summed E-state index contributed by atoms with van der Waals surface area (Å²) >= 11 is 9.74. The number of hydrogen-bond donors (Lipinski definition) is 0. The number of halogens is 2. The summed E-state index contributed by atoms with van der Waals surface area (Å²) in [5, 5.41) is 0.407. The zero-order chi connectivity index (χ0) is 15.4. The molecular formula is C16H18BrClN2O. The van der Waals surface area contributed by atoms with Gasteiger partial charge in [-0.05, 0) is 28.8 Å². The largest absolute Gasteiger partial charge is 0.370 e. The van der Waals surface area contributed by atoms with Crippen LogP contribution in [0.1, 0.15) is 32.7 Å². The average Bonchev–Trinajstić information content (AvgIpc) is 2.48. The Kier molecular flexibility index (Phi) is 5.73. The molecule has 1 aromatic carbocycles. The minimum Gasteiger partial charge on any atom is -0.370 e. The SMILES string of the molecule is CCOC(c1nc(Cl)c(Br)c(-c2ccccc2)n1)C(C)C. The fraction of sp³-hybridized carbons (Fsp3) is 0.375. The maximum Gasteiger partial charge on any atom is 0.159 e. The van der Waals surface area contributed by atoms with Crippen molar-refractivity contribution in [3.63, 3.8) is 0 Å². The summed E-state index contributed by atoms with van der Waals surface area (Å²) in [6.45, 7) is 6.75. The molecule has 0 aliphatic carbocycles. The van der Waals surface area contributed by atoms with Gasteiger partial charge in [-0.25, -0.2) is 9.97 Å². The number of benzene rings is 1. The predicted molar refractivity (Wildman–Crippen MR) is 89.4 cm³/mol. The van der Waals surface area contributed by atoms with Crippen molar-refractivity contribution in [3.8, 4) is 11.3 Å². The lowest BCUT2D eigenvalue weighted by Gasteiger charge is -2.20. The first-order valence-corrected chi connectivity index (χ1v) is 8.11. The maximum atomic E-state index is 6.26. The molecule has 0 N–H and O–H groups in total. The summed E-state index contributed by atoms with van der Waals surface area (Å²) in [6, 6.07) is 9.91. The molecule has 0 radical (unpaired) electrons. The van der Waals surface area contributed by atoms with E-state index in [1.54, 1.807) is 0 Å². The van der Waals surface area contributed by atoms with Crippen LogP contribution in [0.5, 0.6) is 0 Å². The lowest BCUT2D eigenvalue weighted by atomic mass is 10.1. The molecule has 3 nitrogen and oxygen atoms in total. The Morgan fingerprint density at radius 1 is 1.19 bits per heavy atom. The molecule has 1 heterocycles. The highest BCUT2D eigenvalue weighted by Gasteiger charge is 2.22. The van der Waals surface area contributed by atoms with E-state index in [1.807, 2.05) is 37.3 Å². The Bertz CT molecular complexity index is 605. The van der Waals surface area contributed by atoms with Gasteiger partial charge >= 0.3 is 0 Å². The normalized spacial score (nSPS) is 12.7. The smallest absolute Gasteiger partial charge is 0.159 e. The van der Waals surface area contributed by atoms with E-state index in [-0.39, 0.29) is 12.0 Å². The van der Waals surface area contributed by atoms with Crippen LogP contribution >= 0.6 is 27.5 Å². The molecule has 21 heavy (non-hydrogen) atoms. The molecule has 1 atom stereocenters. The van der Waals surface area contributed by atoms with E-state index in [0.717, 1.165) is 11.3 Å². The van der Waals surface area contributed by atoms with Crippen molar-refractivity contribution in [3.05, 3.63) is 45.8 Å². The molecule has 0 amide bonds. The van der Waals surface area contributed by atoms with Gasteiger partial charge in [0.15, 0.2) is 5.82 Å². The third kappa shape index (κ3) is 3.82. The maximum absolute atomic E-state index is 6.26. The fourth-order valence-corrected chi connectivity index (χ4v) is 2.68. The minimum atomic E-state index is -0.164. The van der Waals surface area contributed by atoms with Gasteiger partial charge in [0.05, 0.1) is 10.2 Å². The van der Waals surface area contributed by atoms with Crippen LogP contribution < -0.4 is 0 Å². The van der Waals surface area contributed by atoms with Crippen LogP contribution in [0.2, 0.25) is 5.15 Å². The summed E-state index contributed by atoms with van der Waals surface area (Å²) in [6.07, 6.45) is -0.164. The van der Waals surface area contributed by atoms with E-state index in [0.29, 0.717) is 22.1 Å². The second kappa shape index (κ2) is 7.34. The number of hydrogen-bond acceptors (Lipinski definition) is 3. The van der Waals surface area contributed by atoms with Gasteiger partial charge in [0, 0.05) is 12.2 Å². The summed E-state index contributed by atoms with van der Waals surface area (Å²) in [5.74, 6) is 0.893. The molecule has 5 heteroatoms. The zero-order valence-corrected chi connectivity index (χ0v) is 14.6. The van der Waals surface area contributed by atoms with Gasteiger partial charge in [0.2, 0.25) is 0 Å². The number of ether oxygens (including phenoxy) is 1. The zero-order valence-electron chi connectivity index (χ0n) is 12.3. The third-order valence-electron chi connectivity index (χ3n) is 3.08. The van der Waals surface area contributed by atoms with Crippen molar-refractivity contribution in [1.82, 2.24) is 9.97 Å². The van der Waals surface area contributed by atoms with Crippen molar-refractivity contribution in [1.29, 1.82) is 0 Å². The monoisotopic (exact) mass is 368 g/mol. The summed E-state index contributed by atoms with van der Waals surface area (Å²) in [5.41, 5.74) is 1.78. The molecule has 0 saturated heterocycles. The van der Waals surface area contributed by atoms with Gasteiger partial charge in [-0.2, -0.15) is 0 Å². The Labute approximate surface area is 138 Å². The molecule has 0 aliphatic heterocycles. The van der Waals surface area contributed by atoms with Crippen LogP contribution in [-0.4, -0.2) is 16.6 Å². The van der Waals surface area contributed by atoms with Crippen LogP contribution in [0.25, 0.3) is 11.3 Å². The summed E-state index contributed by atoms with van der Waals surface area (Å²) in [4.78, 5) is 9.06. The van der Waals surface area contributed by atoms with Crippen LogP contribution in [0.4, 0.5) is 0 Å². The van der Waals surface area contributed by atoms with E-state index < -0.39 is 0 Å². The summed E-state index contributed by atoms with van der Waals surface area (Å²) < 4.78 is 6.48. The second-order valence-electron chi connectivity index (χ2n) is 5.02. The summed E-state index contributed by atoms with van der Waals surface area (Å²) in [7, 11) is 0. The van der Waals surface area contributed by atoms with E-state index >= 15 is 0 Å². The fourth-order valence-electron chi connectivity index (χ4n) is 2.10. The molecule has 0 spiro atoms. The molecule has 2 rings (SSSR count).